The van der Waals surface area contributed by atoms with Crippen molar-refractivity contribution in [2.75, 3.05) is 11.4 Å². The van der Waals surface area contributed by atoms with E-state index in [1.807, 2.05) is 24.3 Å². The summed E-state index contributed by atoms with van der Waals surface area (Å²) in [6.45, 7) is 0.909. The highest BCUT2D eigenvalue weighted by Gasteiger charge is 2.21. The molecule has 138 valence electrons. The first kappa shape index (κ1) is 19.2. The lowest BCUT2D eigenvalue weighted by Gasteiger charge is -2.16. The fourth-order valence-electron chi connectivity index (χ4n) is 2.81. The smallest absolute Gasteiger partial charge is 0.227 e. The first-order valence-electron chi connectivity index (χ1n) is 8.15. The number of sulfonamides is 1. The van der Waals surface area contributed by atoms with E-state index in [0.29, 0.717) is 22.0 Å². The number of carbonyl (C=O) groups is 1. The number of nitrogens with one attached hydrogen (secondary N) is 1. The largest absolute Gasteiger partial charge is 0.312 e. The number of benzene rings is 2. The van der Waals surface area contributed by atoms with E-state index < -0.39 is 10.0 Å². The summed E-state index contributed by atoms with van der Waals surface area (Å²) >= 11 is 11.8. The van der Waals surface area contributed by atoms with Gasteiger partial charge in [0.15, 0.2) is 0 Å². The Kier molecular flexibility index (Phi) is 5.87. The third-order valence-corrected chi connectivity index (χ3v) is 6.19. The Morgan fingerprint density at radius 2 is 1.69 bits per heavy atom. The van der Waals surface area contributed by atoms with Gasteiger partial charge < -0.3 is 4.90 Å². The van der Waals surface area contributed by atoms with Gasteiger partial charge in [-0.05, 0) is 41.8 Å². The molecule has 26 heavy (non-hydrogen) atoms. The summed E-state index contributed by atoms with van der Waals surface area (Å²) in [4.78, 5) is 13.5. The van der Waals surface area contributed by atoms with Crippen molar-refractivity contribution in [1.29, 1.82) is 0 Å². The van der Waals surface area contributed by atoms with Crippen LogP contribution >= 0.6 is 23.2 Å². The number of hydrogen-bond donors (Lipinski definition) is 1. The molecule has 1 amide bonds. The van der Waals surface area contributed by atoms with E-state index in [-0.39, 0.29) is 18.2 Å². The maximum Gasteiger partial charge on any atom is 0.227 e. The summed E-state index contributed by atoms with van der Waals surface area (Å²) in [5, 5.41) is 0.712. The molecular weight excluding hydrogens is 395 g/mol. The van der Waals surface area contributed by atoms with E-state index >= 15 is 0 Å². The van der Waals surface area contributed by atoms with E-state index in [4.69, 9.17) is 23.2 Å². The van der Waals surface area contributed by atoms with Gasteiger partial charge in [0.05, 0.1) is 15.8 Å². The highest BCUT2D eigenvalue weighted by atomic mass is 35.5. The second kappa shape index (κ2) is 7.96. The van der Waals surface area contributed by atoms with E-state index in [0.717, 1.165) is 24.2 Å². The molecule has 1 fully saturated rings. The average molecular weight is 413 g/mol. The van der Waals surface area contributed by atoms with E-state index in [9.17, 15) is 13.2 Å². The Balaban J connectivity index is 1.60. The molecule has 1 N–H and O–H groups in total. The van der Waals surface area contributed by atoms with Gasteiger partial charge in [-0.2, -0.15) is 0 Å². The van der Waals surface area contributed by atoms with Crippen LogP contribution in [0.25, 0.3) is 0 Å². The van der Waals surface area contributed by atoms with Crippen molar-refractivity contribution in [3.63, 3.8) is 0 Å². The highest BCUT2D eigenvalue weighted by Crippen LogP contribution is 2.24. The van der Waals surface area contributed by atoms with Gasteiger partial charge in [0, 0.05) is 25.2 Å². The van der Waals surface area contributed by atoms with Crippen molar-refractivity contribution < 1.29 is 13.2 Å². The molecule has 0 spiro atoms. The van der Waals surface area contributed by atoms with Crippen LogP contribution in [-0.2, 0) is 27.1 Å². The van der Waals surface area contributed by atoms with Crippen molar-refractivity contribution >= 4 is 44.8 Å². The number of nitrogens with zero attached hydrogens (tertiary/aromatic N) is 1. The Morgan fingerprint density at radius 1 is 1.00 bits per heavy atom. The van der Waals surface area contributed by atoms with Crippen LogP contribution in [0.5, 0.6) is 0 Å². The molecule has 0 aliphatic carbocycles. The molecule has 0 bridgehead atoms. The zero-order chi connectivity index (χ0) is 18.7. The topological polar surface area (TPSA) is 66.5 Å². The van der Waals surface area contributed by atoms with Gasteiger partial charge in [-0.15, -0.1) is 0 Å². The summed E-state index contributed by atoms with van der Waals surface area (Å²) in [6, 6.07) is 12.1. The molecule has 0 radical (unpaired) electrons. The quantitative estimate of drug-likeness (QED) is 0.785. The van der Waals surface area contributed by atoms with Crippen molar-refractivity contribution in [2.45, 2.75) is 25.1 Å². The number of anilines is 1. The Labute approximate surface area is 163 Å². The molecule has 1 heterocycles. The minimum atomic E-state index is -3.51. The Bertz CT molecular complexity index is 915. The Hall–Kier alpha value is -1.60. The molecule has 0 unspecified atom stereocenters. The second-order valence-corrected chi connectivity index (χ2v) is 8.77. The zero-order valence-electron chi connectivity index (χ0n) is 13.9. The van der Waals surface area contributed by atoms with Crippen LogP contribution in [0.15, 0.2) is 42.5 Å². The van der Waals surface area contributed by atoms with Gasteiger partial charge in [0.1, 0.15) is 0 Å². The predicted octanol–water partition coefficient (Wildman–Crippen LogP) is 3.74. The molecule has 1 aliphatic rings. The Morgan fingerprint density at radius 3 is 2.31 bits per heavy atom. The van der Waals surface area contributed by atoms with Gasteiger partial charge in [-0.1, -0.05) is 41.4 Å². The summed E-state index contributed by atoms with van der Waals surface area (Å²) in [6.07, 6.45) is 1.45. The third kappa shape index (κ3) is 4.76. The van der Waals surface area contributed by atoms with Crippen LogP contribution in [0.3, 0.4) is 0 Å². The van der Waals surface area contributed by atoms with Crippen molar-refractivity contribution in [3.05, 3.63) is 63.6 Å². The lowest BCUT2D eigenvalue weighted by molar-refractivity contribution is -0.117. The van der Waals surface area contributed by atoms with Gasteiger partial charge in [-0.3, -0.25) is 4.79 Å². The maximum absolute atomic E-state index is 12.2. The first-order valence-corrected chi connectivity index (χ1v) is 10.6. The normalized spacial score (nSPS) is 14.8. The average Bonchev–Trinajstić information content (AvgIpc) is 3.03. The lowest BCUT2D eigenvalue weighted by atomic mass is 10.2. The number of rotatable bonds is 6. The van der Waals surface area contributed by atoms with Crippen molar-refractivity contribution in [3.8, 4) is 0 Å². The van der Waals surface area contributed by atoms with Crippen molar-refractivity contribution in [2.24, 2.45) is 0 Å². The molecule has 3 rings (SSSR count). The van der Waals surface area contributed by atoms with Crippen LogP contribution in [0.4, 0.5) is 5.69 Å². The number of carbonyl (C=O) groups excluding carboxylic acids is 1. The standard InChI is InChI=1S/C18H18Cl2N2O3S/c19-16-8-5-14(10-17(16)20)12-26(24,25)21-11-13-3-6-15(7-4-13)22-9-1-2-18(22)23/h3-8,10,21H,1-2,9,11-12H2. The van der Waals surface area contributed by atoms with Crippen LogP contribution in [0, 0.1) is 0 Å². The first-order chi connectivity index (χ1) is 12.3. The third-order valence-electron chi connectivity index (χ3n) is 4.16. The monoisotopic (exact) mass is 412 g/mol. The summed E-state index contributed by atoms with van der Waals surface area (Å²) in [7, 11) is -3.51. The SMILES string of the molecule is O=C1CCCN1c1ccc(CNS(=O)(=O)Cc2ccc(Cl)c(Cl)c2)cc1. The molecular formula is C18H18Cl2N2O3S. The molecule has 0 saturated carbocycles. The van der Waals surface area contributed by atoms with Crippen LogP contribution < -0.4 is 9.62 Å². The number of hydrogen-bond acceptors (Lipinski definition) is 3. The van der Waals surface area contributed by atoms with E-state index in [1.54, 1.807) is 23.1 Å². The van der Waals surface area contributed by atoms with Gasteiger partial charge in [0.25, 0.3) is 0 Å². The van der Waals surface area contributed by atoms with Crippen LogP contribution in [0.2, 0.25) is 10.0 Å². The van der Waals surface area contributed by atoms with E-state index in [2.05, 4.69) is 4.72 Å². The highest BCUT2D eigenvalue weighted by molar-refractivity contribution is 7.88. The zero-order valence-corrected chi connectivity index (χ0v) is 16.2. The second-order valence-electron chi connectivity index (χ2n) is 6.14. The maximum atomic E-state index is 12.2. The molecule has 1 aliphatic heterocycles. The van der Waals surface area contributed by atoms with Gasteiger partial charge in [-0.25, -0.2) is 13.1 Å². The summed E-state index contributed by atoms with van der Waals surface area (Å²) in [5.74, 6) is -0.0513. The van der Waals surface area contributed by atoms with Crippen LogP contribution in [0.1, 0.15) is 24.0 Å². The molecule has 1 saturated heterocycles. The molecule has 0 atom stereocenters. The number of amides is 1. The minimum Gasteiger partial charge on any atom is -0.312 e. The fraction of sp³-hybridized carbons (Fsp3) is 0.278. The summed E-state index contributed by atoms with van der Waals surface area (Å²) in [5.41, 5.74) is 2.22. The molecule has 8 heteroatoms. The number of halogens is 2. The molecule has 2 aromatic carbocycles. The van der Waals surface area contributed by atoms with Crippen LogP contribution in [-0.4, -0.2) is 20.9 Å². The van der Waals surface area contributed by atoms with E-state index in [1.165, 1.54) is 0 Å². The fourth-order valence-corrected chi connectivity index (χ4v) is 4.24. The summed E-state index contributed by atoms with van der Waals surface area (Å²) < 4.78 is 27.1. The molecule has 2 aromatic rings. The molecule has 5 nitrogen and oxygen atoms in total. The van der Waals surface area contributed by atoms with Gasteiger partial charge in [0.2, 0.25) is 15.9 Å². The lowest BCUT2D eigenvalue weighted by Crippen LogP contribution is -2.25. The minimum absolute atomic E-state index is 0.125. The van der Waals surface area contributed by atoms with Gasteiger partial charge >= 0.3 is 0 Å². The predicted molar refractivity (Wildman–Crippen MR) is 104 cm³/mol. The molecule has 0 aromatic heterocycles. The van der Waals surface area contributed by atoms with Crippen molar-refractivity contribution in [1.82, 2.24) is 4.72 Å².